The van der Waals surface area contributed by atoms with Gasteiger partial charge in [-0.05, 0) is 49.5 Å². The molecule has 3 aliphatic rings. The van der Waals surface area contributed by atoms with E-state index in [1.54, 1.807) is 4.68 Å². The Morgan fingerprint density at radius 2 is 2.12 bits per heavy atom. The number of aryl methyl sites for hydroxylation is 1. The Kier molecular flexibility index (Phi) is 5.06. The number of nitrogens with zero attached hydrogens (tertiary/aromatic N) is 4. The summed E-state index contributed by atoms with van der Waals surface area (Å²) in [5.74, 6) is 1.14. The topological polar surface area (TPSA) is 50.6 Å². The van der Waals surface area contributed by atoms with Crippen molar-refractivity contribution in [1.82, 2.24) is 19.6 Å². The Hall–Kier alpha value is -1.40. The summed E-state index contributed by atoms with van der Waals surface area (Å²) >= 11 is 0. The molecule has 26 heavy (non-hydrogen) atoms. The van der Waals surface area contributed by atoms with Gasteiger partial charge in [0.05, 0.1) is 18.7 Å². The number of piperidine rings is 1. The summed E-state index contributed by atoms with van der Waals surface area (Å²) in [7, 11) is 3.71. The summed E-state index contributed by atoms with van der Waals surface area (Å²) in [6.07, 6.45) is 8.61. The number of ether oxygens (including phenoxy) is 1. The number of methoxy groups -OCH3 is 1. The van der Waals surface area contributed by atoms with E-state index in [1.807, 2.05) is 26.4 Å². The lowest BCUT2D eigenvalue weighted by Gasteiger charge is -2.39. The first kappa shape index (κ1) is 18.0. The number of carbonyl (C=O) groups excluding carboxylic acids is 1. The quantitative estimate of drug-likeness (QED) is 0.775. The molecule has 2 aliphatic heterocycles. The maximum absolute atomic E-state index is 12.6. The van der Waals surface area contributed by atoms with E-state index in [0.717, 1.165) is 44.1 Å². The van der Waals surface area contributed by atoms with Crippen LogP contribution in [0.2, 0.25) is 0 Å². The molecule has 1 aliphatic carbocycles. The molecule has 0 radical (unpaired) electrons. The average Bonchev–Trinajstić information content (AvgIpc) is 3.25. The van der Waals surface area contributed by atoms with Gasteiger partial charge in [-0.15, -0.1) is 0 Å². The van der Waals surface area contributed by atoms with Crippen LogP contribution in [0.5, 0.6) is 0 Å². The van der Waals surface area contributed by atoms with Gasteiger partial charge in [0, 0.05) is 52.6 Å². The molecule has 2 saturated heterocycles. The molecule has 0 aromatic carbocycles. The highest BCUT2D eigenvalue weighted by atomic mass is 16.5. The van der Waals surface area contributed by atoms with Crippen LogP contribution in [-0.4, -0.2) is 71.4 Å². The molecular weight excluding hydrogens is 328 g/mol. The van der Waals surface area contributed by atoms with E-state index in [2.05, 4.69) is 14.9 Å². The lowest BCUT2D eigenvalue weighted by molar-refractivity contribution is -0.132. The monoisotopic (exact) mass is 360 g/mol. The van der Waals surface area contributed by atoms with E-state index in [1.165, 1.54) is 32.4 Å². The SMILES string of the molecule is COCC1CC2(CCN(C(=O)Cc3ccn(C)n3)CC2)CN1CC1CC1. The van der Waals surface area contributed by atoms with Crippen LogP contribution >= 0.6 is 0 Å². The molecule has 0 N–H and O–H groups in total. The predicted molar refractivity (Wildman–Crippen MR) is 99.7 cm³/mol. The van der Waals surface area contributed by atoms with Crippen molar-refractivity contribution in [2.24, 2.45) is 18.4 Å². The molecule has 3 fully saturated rings. The lowest BCUT2D eigenvalue weighted by atomic mass is 9.76. The highest BCUT2D eigenvalue weighted by molar-refractivity contribution is 5.78. The number of likely N-dealkylation sites (tertiary alicyclic amines) is 2. The van der Waals surface area contributed by atoms with Crippen molar-refractivity contribution in [2.75, 3.05) is 39.9 Å². The molecule has 3 heterocycles. The van der Waals surface area contributed by atoms with Gasteiger partial charge in [-0.2, -0.15) is 5.10 Å². The molecular formula is C20H32N4O2. The van der Waals surface area contributed by atoms with Crippen LogP contribution in [0, 0.1) is 11.3 Å². The van der Waals surface area contributed by atoms with Crippen LogP contribution in [0.15, 0.2) is 12.3 Å². The Morgan fingerprint density at radius 1 is 1.35 bits per heavy atom. The van der Waals surface area contributed by atoms with Crippen LogP contribution in [0.25, 0.3) is 0 Å². The summed E-state index contributed by atoms with van der Waals surface area (Å²) in [6, 6.07) is 2.50. The molecule has 1 aromatic heterocycles. The minimum Gasteiger partial charge on any atom is -0.383 e. The van der Waals surface area contributed by atoms with Gasteiger partial charge in [0.15, 0.2) is 0 Å². The number of rotatable bonds is 6. The molecule has 1 atom stereocenters. The van der Waals surface area contributed by atoms with Crippen LogP contribution in [0.4, 0.5) is 0 Å². The predicted octanol–water partition coefficient (Wildman–Crippen LogP) is 1.70. The minimum atomic E-state index is 0.222. The fourth-order valence-corrected chi connectivity index (χ4v) is 4.87. The minimum absolute atomic E-state index is 0.222. The number of amides is 1. The van der Waals surface area contributed by atoms with Crippen LogP contribution in [-0.2, 0) is 23.0 Å². The van der Waals surface area contributed by atoms with Gasteiger partial charge < -0.3 is 9.64 Å². The molecule has 1 spiro atoms. The van der Waals surface area contributed by atoms with Crippen molar-refractivity contribution in [3.05, 3.63) is 18.0 Å². The second-order valence-corrected chi connectivity index (χ2v) is 8.72. The first-order chi connectivity index (χ1) is 12.6. The van der Waals surface area contributed by atoms with Gasteiger partial charge in [0.2, 0.25) is 5.91 Å². The maximum atomic E-state index is 12.6. The molecule has 0 bridgehead atoms. The standard InChI is InChI=1S/C20H32N4O2/c1-22-8-5-17(21-22)11-19(25)23-9-6-20(7-10-23)12-18(14-26-2)24(15-20)13-16-3-4-16/h5,8,16,18H,3-4,6-7,9-15H2,1-2H3. The zero-order valence-electron chi connectivity index (χ0n) is 16.2. The molecule has 6 nitrogen and oxygen atoms in total. The van der Waals surface area contributed by atoms with Crippen LogP contribution in [0.1, 0.15) is 37.8 Å². The third-order valence-corrected chi connectivity index (χ3v) is 6.55. The normalized spacial score (nSPS) is 25.9. The van der Waals surface area contributed by atoms with Crippen molar-refractivity contribution in [1.29, 1.82) is 0 Å². The fourth-order valence-electron chi connectivity index (χ4n) is 4.87. The smallest absolute Gasteiger partial charge is 0.228 e. The van der Waals surface area contributed by atoms with Gasteiger partial charge in [-0.3, -0.25) is 14.4 Å². The Morgan fingerprint density at radius 3 is 2.73 bits per heavy atom. The summed E-state index contributed by atoms with van der Waals surface area (Å²) in [5, 5.41) is 4.34. The van der Waals surface area contributed by atoms with E-state index in [-0.39, 0.29) is 5.91 Å². The van der Waals surface area contributed by atoms with Crippen molar-refractivity contribution in [2.45, 2.75) is 44.6 Å². The second kappa shape index (κ2) is 7.31. The second-order valence-electron chi connectivity index (χ2n) is 8.72. The van der Waals surface area contributed by atoms with E-state index in [0.29, 0.717) is 17.9 Å². The van der Waals surface area contributed by atoms with Crippen molar-refractivity contribution in [3.63, 3.8) is 0 Å². The Labute approximate surface area is 156 Å². The molecule has 1 amide bonds. The zero-order valence-corrected chi connectivity index (χ0v) is 16.2. The Balaban J connectivity index is 1.32. The first-order valence-electron chi connectivity index (χ1n) is 10.1. The molecule has 144 valence electrons. The van der Waals surface area contributed by atoms with Gasteiger partial charge in [0.25, 0.3) is 0 Å². The van der Waals surface area contributed by atoms with E-state index in [9.17, 15) is 4.79 Å². The van der Waals surface area contributed by atoms with Crippen LogP contribution in [0.3, 0.4) is 0 Å². The number of aromatic nitrogens is 2. The van der Waals surface area contributed by atoms with Crippen LogP contribution < -0.4 is 0 Å². The van der Waals surface area contributed by atoms with E-state index >= 15 is 0 Å². The number of hydrogen-bond acceptors (Lipinski definition) is 4. The largest absolute Gasteiger partial charge is 0.383 e. The zero-order chi connectivity index (χ0) is 18.1. The average molecular weight is 361 g/mol. The lowest BCUT2D eigenvalue weighted by Crippen LogP contribution is -2.45. The Bertz CT molecular complexity index is 632. The highest BCUT2D eigenvalue weighted by Gasteiger charge is 2.46. The molecule has 4 rings (SSSR count). The third kappa shape index (κ3) is 3.96. The van der Waals surface area contributed by atoms with Gasteiger partial charge in [-0.1, -0.05) is 0 Å². The van der Waals surface area contributed by atoms with Crippen molar-refractivity contribution < 1.29 is 9.53 Å². The van der Waals surface area contributed by atoms with Crippen molar-refractivity contribution >= 4 is 5.91 Å². The number of carbonyl (C=O) groups is 1. The van der Waals surface area contributed by atoms with Gasteiger partial charge in [0.1, 0.15) is 0 Å². The van der Waals surface area contributed by atoms with E-state index in [4.69, 9.17) is 4.74 Å². The number of hydrogen-bond donors (Lipinski definition) is 0. The molecule has 1 unspecified atom stereocenters. The summed E-state index contributed by atoms with van der Waals surface area (Å²) in [6.45, 7) is 5.07. The first-order valence-corrected chi connectivity index (χ1v) is 10.1. The molecule has 1 aromatic rings. The molecule has 1 saturated carbocycles. The summed E-state index contributed by atoms with van der Waals surface area (Å²) in [5.41, 5.74) is 1.26. The molecule has 6 heteroatoms. The van der Waals surface area contributed by atoms with Gasteiger partial charge >= 0.3 is 0 Å². The third-order valence-electron chi connectivity index (χ3n) is 6.55. The van der Waals surface area contributed by atoms with E-state index < -0.39 is 0 Å². The van der Waals surface area contributed by atoms with Gasteiger partial charge in [-0.25, -0.2) is 0 Å². The highest BCUT2D eigenvalue weighted by Crippen LogP contribution is 2.45. The summed E-state index contributed by atoms with van der Waals surface area (Å²) in [4.78, 5) is 17.3. The maximum Gasteiger partial charge on any atom is 0.228 e. The fraction of sp³-hybridized carbons (Fsp3) is 0.800. The summed E-state index contributed by atoms with van der Waals surface area (Å²) < 4.78 is 7.27. The van der Waals surface area contributed by atoms with Crippen molar-refractivity contribution in [3.8, 4) is 0 Å².